The van der Waals surface area contributed by atoms with Crippen molar-refractivity contribution in [3.63, 3.8) is 0 Å². The van der Waals surface area contributed by atoms with Gasteiger partial charge in [0.2, 0.25) is 0 Å². The average Bonchev–Trinajstić information content (AvgIpc) is 2.53. The summed E-state index contributed by atoms with van der Waals surface area (Å²) in [6.45, 7) is 6.08. The van der Waals surface area contributed by atoms with Gasteiger partial charge in [0.25, 0.3) is 0 Å². The number of benzene rings is 1. The number of guanidine groups is 1. The largest absolute Gasteiger partial charge is 0.392 e. The number of hydrogen-bond acceptors (Lipinski definition) is 2. The van der Waals surface area contributed by atoms with Crippen LogP contribution in [0.25, 0.3) is 0 Å². The van der Waals surface area contributed by atoms with Gasteiger partial charge in [0.15, 0.2) is 5.96 Å². The number of aliphatic imine (C=N–C) groups is 1. The van der Waals surface area contributed by atoms with Crippen LogP contribution in [0.5, 0.6) is 0 Å². The molecule has 132 valence electrons. The molecule has 0 aliphatic carbocycles. The fourth-order valence-corrected chi connectivity index (χ4v) is 2.12. The van der Waals surface area contributed by atoms with Crippen molar-refractivity contribution in [2.75, 3.05) is 13.1 Å². The summed E-state index contributed by atoms with van der Waals surface area (Å²) >= 11 is 0. The summed E-state index contributed by atoms with van der Waals surface area (Å²) in [4.78, 5) is 4.50. The molecule has 0 heterocycles. The number of nitrogens with zero attached hydrogens (tertiary/aromatic N) is 1. The Morgan fingerprint density at radius 2 is 1.96 bits per heavy atom. The van der Waals surface area contributed by atoms with E-state index in [1.54, 1.807) is 12.1 Å². The van der Waals surface area contributed by atoms with Crippen molar-refractivity contribution < 1.29 is 9.50 Å². The zero-order valence-corrected chi connectivity index (χ0v) is 16.4. The normalized spacial score (nSPS) is 11.0. The molecule has 0 radical (unpaired) electrons. The molecule has 1 aromatic rings. The Balaban J connectivity index is 0.00000484. The van der Waals surface area contributed by atoms with E-state index < -0.39 is 0 Å². The van der Waals surface area contributed by atoms with E-state index in [2.05, 4.69) is 22.5 Å². The lowest BCUT2D eigenvalue weighted by Crippen LogP contribution is -2.37. The van der Waals surface area contributed by atoms with Crippen LogP contribution in [0.1, 0.15) is 50.7 Å². The van der Waals surface area contributed by atoms with Gasteiger partial charge in [-0.05, 0) is 31.0 Å². The minimum Gasteiger partial charge on any atom is -0.392 e. The number of unbranched alkanes of at least 4 members (excludes halogenated alkanes) is 3. The molecule has 0 amide bonds. The predicted molar refractivity (Wildman–Crippen MR) is 105 cm³/mol. The van der Waals surface area contributed by atoms with Crippen molar-refractivity contribution in [1.29, 1.82) is 0 Å². The number of rotatable bonds is 9. The van der Waals surface area contributed by atoms with E-state index in [4.69, 9.17) is 5.11 Å². The summed E-state index contributed by atoms with van der Waals surface area (Å²) in [5.41, 5.74) is 1.19. The highest BCUT2D eigenvalue weighted by Gasteiger charge is 2.03. The molecule has 0 spiro atoms. The molecule has 0 bridgehead atoms. The van der Waals surface area contributed by atoms with Crippen LogP contribution in [-0.4, -0.2) is 24.2 Å². The Morgan fingerprint density at radius 3 is 2.61 bits per heavy atom. The first-order chi connectivity index (χ1) is 10.7. The van der Waals surface area contributed by atoms with Gasteiger partial charge in [-0.2, -0.15) is 0 Å². The maximum Gasteiger partial charge on any atom is 0.191 e. The summed E-state index contributed by atoms with van der Waals surface area (Å²) in [6, 6.07) is 4.73. The van der Waals surface area contributed by atoms with Gasteiger partial charge in [0.1, 0.15) is 5.82 Å². The van der Waals surface area contributed by atoms with E-state index in [-0.39, 0.29) is 36.4 Å². The van der Waals surface area contributed by atoms with Gasteiger partial charge in [-0.3, -0.25) is 0 Å². The lowest BCUT2D eigenvalue weighted by molar-refractivity contribution is 0.275. The molecule has 23 heavy (non-hydrogen) atoms. The van der Waals surface area contributed by atoms with Gasteiger partial charge >= 0.3 is 0 Å². The van der Waals surface area contributed by atoms with Gasteiger partial charge in [0, 0.05) is 18.7 Å². The molecule has 0 saturated heterocycles. The predicted octanol–water partition coefficient (Wildman–Crippen LogP) is 3.57. The SMILES string of the molecule is CCCCCCNC(=NCc1ccc(F)c(CO)c1)NCC.I. The molecule has 1 rings (SSSR count). The van der Waals surface area contributed by atoms with Crippen LogP contribution < -0.4 is 10.6 Å². The highest BCUT2D eigenvalue weighted by Crippen LogP contribution is 2.11. The molecule has 0 aliphatic heterocycles. The van der Waals surface area contributed by atoms with Crippen molar-refractivity contribution in [3.05, 3.63) is 35.1 Å². The highest BCUT2D eigenvalue weighted by molar-refractivity contribution is 14.0. The van der Waals surface area contributed by atoms with Crippen molar-refractivity contribution in [1.82, 2.24) is 10.6 Å². The standard InChI is InChI=1S/C17H28FN3O.HI/c1-3-5-6-7-10-20-17(19-4-2)21-12-14-8-9-16(18)15(11-14)13-22;/h8-9,11,22H,3-7,10,12-13H2,1-2H3,(H2,19,20,21);1H. The van der Waals surface area contributed by atoms with Crippen LogP contribution in [0.2, 0.25) is 0 Å². The third kappa shape index (κ3) is 9.10. The van der Waals surface area contributed by atoms with Crippen molar-refractivity contribution >= 4 is 29.9 Å². The second kappa shape index (κ2) is 13.5. The molecule has 0 aliphatic rings. The van der Waals surface area contributed by atoms with E-state index in [0.717, 1.165) is 31.0 Å². The molecule has 0 fully saturated rings. The van der Waals surface area contributed by atoms with Crippen LogP contribution in [0.15, 0.2) is 23.2 Å². The van der Waals surface area contributed by atoms with Gasteiger partial charge in [-0.15, -0.1) is 24.0 Å². The lowest BCUT2D eigenvalue weighted by atomic mass is 10.1. The first-order valence-corrected chi connectivity index (χ1v) is 8.11. The summed E-state index contributed by atoms with van der Waals surface area (Å²) in [5.74, 6) is 0.394. The van der Waals surface area contributed by atoms with Crippen LogP contribution in [-0.2, 0) is 13.2 Å². The summed E-state index contributed by atoms with van der Waals surface area (Å²) in [7, 11) is 0. The molecule has 1 aromatic carbocycles. The minimum atomic E-state index is -0.379. The van der Waals surface area contributed by atoms with E-state index in [1.165, 1.54) is 25.3 Å². The van der Waals surface area contributed by atoms with Gasteiger partial charge in [0.05, 0.1) is 13.2 Å². The Hall–Kier alpha value is -0.890. The zero-order valence-electron chi connectivity index (χ0n) is 14.1. The Morgan fingerprint density at radius 1 is 1.17 bits per heavy atom. The number of aliphatic hydroxyl groups excluding tert-OH is 1. The van der Waals surface area contributed by atoms with E-state index in [1.807, 2.05) is 6.92 Å². The van der Waals surface area contributed by atoms with Crippen molar-refractivity contribution in [3.8, 4) is 0 Å². The molecular weight excluding hydrogens is 408 g/mol. The van der Waals surface area contributed by atoms with E-state index >= 15 is 0 Å². The maximum atomic E-state index is 13.3. The molecule has 0 atom stereocenters. The molecule has 6 heteroatoms. The average molecular weight is 437 g/mol. The number of halogens is 2. The third-order valence-corrected chi connectivity index (χ3v) is 3.37. The molecule has 3 N–H and O–H groups in total. The van der Waals surface area contributed by atoms with E-state index in [9.17, 15) is 4.39 Å². The topological polar surface area (TPSA) is 56.7 Å². The molecular formula is C17H29FIN3O. The summed E-state index contributed by atoms with van der Waals surface area (Å²) in [6.07, 6.45) is 4.84. The number of hydrogen-bond donors (Lipinski definition) is 3. The molecule has 0 unspecified atom stereocenters. The fourth-order valence-electron chi connectivity index (χ4n) is 2.12. The van der Waals surface area contributed by atoms with Crippen LogP contribution in [0.3, 0.4) is 0 Å². The second-order valence-electron chi connectivity index (χ2n) is 5.27. The zero-order chi connectivity index (χ0) is 16.2. The van der Waals surface area contributed by atoms with E-state index in [0.29, 0.717) is 12.1 Å². The highest BCUT2D eigenvalue weighted by atomic mass is 127. The monoisotopic (exact) mass is 437 g/mol. The van der Waals surface area contributed by atoms with Crippen molar-refractivity contribution in [2.45, 2.75) is 52.7 Å². The number of aliphatic hydroxyl groups is 1. The van der Waals surface area contributed by atoms with Gasteiger partial charge in [-0.25, -0.2) is 9.38 Å². The Kier molecular flexibility index (Phi) is 13.0. The van der Waals surface area contributed by atoms with Crippen LogP contribution >= 0.6 is 24.0 Å². The molecule has 0 aromatic heterocycles. The smallest absolute Gasteiger partial charge is 0.191 e. The minimum absolute atomic E-state index is 0. The molecule has 4 nitrogen and oxygen atoms in total. The Labute approximate surface area is 156 Å². The summed E-state index contributed by atoms with van der Waals surface area (Å²) in [5, 5.41) is 15.6. The van der Waals surface area contributed by atoms with Crippen LogP contribution in [0, 0.1) is 5.82 Å². The molecule has 0 saturated carbocycles. The van der Waals surface area contributed by atoms with Crippen LogP contribution in [0.4, 0.5) is 4.39 Å². The lowest BCUT2D eigenvalue weighted by Gasteiger charge is -2.11. The maximum absolute atomic E-state index is 13.3. The first kappa shape index (κ1) is 22.1. The Bertz CT molecular complexity index is 469. The first-order valence-electron chi connectivity index (χ1n) is 8.11. The summed E-state index contributed by atoms with van der Waals surface area (Å²) < 4.78 is 13.3. The third-order valence-electron chi connectivity index (χ3n) is 3.37. The van der Waals surface area contributed by atoms with Crippen molar-refractivity contribution in [2.24, 2.45) is 4.99 Å². The van der Waals surface area contributed by atoms with Gasteiger partial charge < -0.3 is 15.7 Å². The number of nitrogens with one attached hydrogen (secondary N) is 2. The van der Waals surface area contributed by atoms with Gasteiger partial charge in [-0.1, -0.05) is 32.3 Å². The second-order valence-corrected chi connectivity index (χ2v) is 5.27. The fraction of sp³-hybridized carbons (Fsp3) is 0.588. The quantitative estimate of drug-likeness (QED) is 0.240.